The molecule has 0 saturated heterocycles. The molecule has 0 bridgehead atoms. The van der Waals surface area contributed by atoms with E-state index in [2.05, 4.69) is 0 Å². The molecule has 3 rings (SSSR count). The summed E-state index contributed by atoms with van der Waals surface area (Å²) in [6, 6.07) is 1.40. The molecule has 2 atom stereocenters. The molecule has 2 unspecified atom stereocenters. The summed E-state index contributed by atoms with van der Waals surface area (Å²) in [7, 11) is 1.16. The summed E-state index contributed by atoms with van der Waals surface area (Å²) in [5.41, 5.74) is -3.77. The first-order valence-corrected chi connectivity index (χ1v) is 7.66. The van der Waals surface area contributed by atoms with Crippen LogP contribution in [0.5, 0.6) is 11.5 Å². The van der Waals surface area contributed by atoms with Gasteiger partial charge in [-0.2, -0.15) is 0 Å². The van der Waals surface area contributed by atoms with E-state index in [4.69, 9.17) is 9.47 Å². The van der Waals surface area contributed by atoms with Crippen LogP contribution in [0.2, 0.25) is 0 Å². The summed E-state index contributed by atoms with van der Waals surface area (Å²) in [6.07, 6.45) is 0. The second-order valence-corrected chi connectivity index (χ2v) is 6.52. The molecule has 0 aromatic heterocycles. The number of aliphatic hydroxyl groups is 1. The normalized spacial score (nSPS) is 28.6. The number of aromatic hydroxyl groups is 1. The van der Waals surface area contributed by atoms with Gasteiger partial charge in [-0.05, 0) is 39.3 Å². The number of aliphatic hydroxyl groups excluding tert-OH is 1. The fourth-order valence-corrected chi connectivity index (χ4v) is 3.50. The third-order valence-electron chi connectivity index (χ3n) is 5.25. The zero-order valence-electron chi connectivity index (χ0n) is 14.5. The van der Waals surface area contributed by atoms with E-state index in [-0.39, 0.29) is 28.2 Å². The quantitative estimate of drug-likeness (QED) is 0.745. The van der Waals surface area contributed by atoms with Crippen molar-refractivity contribution in [1.82, 2.24) is 0 Å². The maximum absolute atomic E-state index is 13.3. The molecule has 2 aliphatic rings. The number of aryl methyl sites for hydroxylation is 1. The van der Waals surface area contributed by atoms with Gasteiger partial charge in [-0.3, -0.25) is 14.4 Å². The molecular weight excluding hydrogens is 328 g/mol. The Balaban J connectivity index is 2.39. The smallest absolute Gasteiger partial charge is 0.269 e. The summed E-state index contributed by atoms with van der Waals surface area (Å²) in [6.45, 7) is 5.63. The third-order valence-corrected chi connectivity index (χ3v) is 5.25. The lowest BCUT2D eigenvalue weighted by molar-refractivity contribution is -0.169. The molecule has 0 saturated carbocycles. The van der Waals surface area contributed by atoms with Gasteiger partial charge in [0.25, 0.3) is 5.60 Å². The maximum Gasteiger partial charge on any atom is 0.269 e. The minimum atomic E-state index is -2.28. The van der Waals surface area contributed by atoms with Crippen molar-refractivity contribution >= 4 is 17.3 Å². The molecule has 1 aromatic rings. The van der Waals surface area contributed by atoms with Crippen LogP contribution in [-0.4, -0.2) is 45.9 Å². The molecule has 1 aromatic carbocycles. The number of hydrogen-bond acceptors (Lipinski definition) is 7. The number of ether oxygens (including phenoxy) is 2. The van der Waals surface area contributed by atoms with Crippen molar-refractivity contribution in [2.75, 3.05) is 7.11 Å². The van der Waals surface area contributed by atoms with Crippen molar-refractivity contribution in [3.05, 3.63) is 34.1 Å². The number of hydrogen-bond donors (Lipinski definition) is 2. The van der Waals surface area contributed by atoms with Crippen LogP contribution < -0.4 is 4.74 Å². The van der Waals surface area contributed by atoms with Crippen LogP contribution in [0.1, 0.15) is 35.3 Å². The molecular formula is C18H18O7. The first kappa shape index (κ1) is 17.2. The number of phenols is 1. The van der Waals surface area contributed by atoms with Crippen LogP contribution in [0.25, 0.3) is 0 Å². The molecule has 1 aliphatic carbocycles. The van der Waals surface area contributed by atoms with E-state index in [1.807, 2.05) is 0 Å². The fraction of sp³-hybridized carbons (Fsp3) is 0.389. The van der Waals surface area contributed by atoms with Gasteiger partial charge in [0.2, 0.25) is 17.3 Å². The van der Waals surface area contributed by atoms with Crippen LogP contribution in [0.3, 0.4) is 0 Å². The Morgan fingerprint density at radius 2 is 1.64 bits per heavy atom. The Kier molecular flexibility index (Phi) is 3.38. The SMILES string of the molecule is COC1(C)C(=O)C(O)=C(C)C(=O)C12Oc1c(C)c(O)cc(C)c1C2=O. The highest BCUT2D eigenvalue weighted by molar-refractivity contribution is 6.33. The second kappa shape index (κ2) is 4.92. The Bertz CT molecular complexity index is 895. The average Bonchev–Trinajstić information content (AvgIpc) is 2.90. The van der Waals surface area contributed by atoms with Gasteiger partial charge in [0.1, 0.15) is 11.5 Å². The predicted octanol–water partition coefficient (Wildman–Crippen LogP) is 1.71. The molecule has 7 heteroatoms. The van der Waals surface area contributed by atoms with E-state index in [0.717, 1.165) is 7.11 Å². The zero-order chi connectivity index (χ0) is 18.9. The summed E-state index contributed by atoms with van der Waals surface area (Å²) in [5, 5.41) is 20.0. The Labute approximate surface area is 143 Å². The number of carbonyl (C=O) groups excluding carboxylic acids is 3. The molecule has 1 spiro atoms. The van der Waals surface area contributed by atoms with Gasteiger partial charge in [0.05, 0.1) is 5.56 Å². The van der Waals surface area contributed by atoms with Crippen molar-refractivity contribution in [3.63, 3.8) is 0 Å². The number of methoxy groups -OCH3 is 1. The van der Waals surface area contributed by atoms with Gasteiger partial charge in [-0.15, -0.1) is 0 Å². The number of ketones is 3. The minimum Gasteiger partial charge on any atom is -0.508 e. The number of rotatable bonds is 1. The molecule has 0 amide bonds. The molecule has 7 nitrogen and oxygen atoms in total. The van der Waals surface area contributed by atoms with Crippen molar-refractivity contribution < 1.29 is 34.1 Å². The zero-order valence-corrected chi connectivity index (χ0v) is 14.5. The van der Waals surface area contributed by atoms with E-state index in [1.54, 1.807) is 13.8 Å². The van der Waals surface area contributed by atoms with Crippen LogP contribution >= 0.6 is 0 Å². The second-order valence-electron chi connectivity index (χ2n) is 6.52. The van der Waals surface area contributed by atoms with E-state index < -0.39 is 34.3 Å². The summed E-state index contributed by atoms with van der Waals surface area (Å²) >= 11 is 0. The monoisotopic (exact) mass is 346 g/mol. The first-order valence-electron chi connectivity index (χ1n) is 7.66. The largest absolute Gasteiger partial charge is 0.508 e. The molecule has 132 valence electrons. The number of carbonyl (C=O) groups is 3. The lowest BCUT2D eigenvalue weighted by Gasteiger charge is -2.43. The Morgan fingerprint density at radius 3 is 2.20 bits per heavy atom. The fourth-order valence-electron chi connectivity index (χ4n) is 3.50. The van der Waals surface area contributed by atoms with Gasteiger partial charge in [0, 0.05) is 18.2 Å². The van der Waals surface area contributed by atoms with E-state index in [0.29, 0.717) is 5.56 Å². The lowest BCUT2D eigenvalue weighted by Crippen LogP contribution is -2.71. The van der Waals surface area contributed by atoms with Gasteiger partial charge < -0.3 is 19.7 Å². The molecule has 0 fully saturated rings. The standard InChI is InChI=1S/C18H18O7/c1-7-6-10(19)8(2)13-11(7)15(22)18(25-13)14(21)9(3)12(20)16(23)17(18,4)24-5/h6,19-20H,1-5H3. The molecule has 1 heterocycles. The highest BCUT2D eigenvalue weighted by atomic mass is 16.6. The van der Waals surface area contributed by atoms with Gasteiger partial charge in [-0.1, -0.05) is 0 Å². The molecule has 0 radical (unpaired) electrons. The average molecular weight is 346 g/mol. The summed E-state index contributed by atoms with van der Waals surface area (Å²) < 4.78 is 11.1. The molecule has 2 N–H and O–H groups in total. The minimum absolute atomic E-state index is 0.0427. The highest BCUT2D eigenvalue weighted by Crippen LogP contribution is 2.51. The third kappa shape index (κ3) is 1.71. The van der Waals surface area contributed by atoms with Crippen molar-refractivity contribution in [1.29, 1.82) is 0 Å². The van der Waals surface area contributed by atoms with Crippen LogP contribution in [0, 0.1) is 13.8 Å². The summed E-state index contributed by atoms with van der Waals surface area (Å²) in [4.78, 5) is 38.9. The molecule has 25 heavy (non-hydrogen) atoms. The van der Waals surface area contributed by atoms with E-state index in [1.165, 1.54) is 19.9 Å². The van der Waals surface area contributed by atoms with Crippen LogP contribution in [-0.2, 0) is 14.3 Å². The van der Waals surface area contributed by atoms with Gasteiger partial charge in [-0.25, -0.2) is 0 Å². The topological polar surface area (TPSA) is 110 Å². The van der Waals surface area contributed by atoms with Crippen LogP contribution in [0.4, 0.5) is 0 Å². The molecule has 1 aliphatic heterocycles. The number of fused-ring (bicyclic) bond motifs is 1. The predicted molar refractivity (Wildman–Crippen MR) is 86.0 cm³/mol. The Hall–Kier alpha value is -2.67. The van der Waals surface area contributed by atoms with Gasteiger partial charge >= 0.3 is 0 Å². The number of Topliss-reactive ketones (excluding diaryl/α,β-unsaturated/α-hetero) is 3. The van der Waals surface area contributed by atoms with E-state index >= 15 is 0 Å². The van der Waals surface area contributed by atoms with Gasteiger partial charge in [0.15, 0.2) is 11.4 Å². The Morgan fingerprint density at radius 1 is 1.04 bits per heavy atom. The summed E-state index contributed by atoms with van der Waals surface area (Å²) in [5.74, 6) is -3.27. The highest BCUT2D eigenvalue weighted by Gasteiger charge is 2.72. The van der Waals surface area contributed by atoms with Crippen molar-refractivity contribution in [2.24, 2.45) is 0 Å². The number of phenolic OH excluding ortho intramolecular Hbond substituents is 1. The van der Waals surface area contributed by atoms with Crippen molar-refractivity contribution in [2.45, 2.75) is 38.9 Å². The maximum atomic E-state index is 13.3. The van der Waals surface area contributed by atoms with E-state index in [9.17, 15) is 24.6 Å². The first-order chi connectivity index (χ1) is 11.5. The lowest BCUT2D eigenvalue weighted by atomic mass is 9.68. The van der Waals surface area contributed by atoms with Crippen LogP contribution in [0.15, 0.2) is 17.4 Å². The van der Waals surface area contributed by atoms with Crippen molar-refractivity contribution in [3.8, 4) is 11.5 Å². The number of benzene rings is 1.